The van der Waals surface area contributed by atoms with Gasteiger partial charge in [0.1, 0.15) is 11.9 Å². The zero-order valence-corrected chi connectivity index (χ0v) is 19.9. The Kier molecular flexibility index (Phi) is 8.49. The maximum Gasteiger partial charge on any atom is 0.309 e. The number of methoxy groups -OCH3 is 1. The topological polar surface area (TPSA) is 95.0 Å². The minimum atomic E-state index is -0.779. The zero-order valence-electron chi connectivity index (χ0n) is 19.1. The van der Waals surface area contributed by atoms with E-state index in [1.807, 2.05) is 30.3 Å². The van der Waals surface area contributed by atoms with Crippen LogP contribution < -0.4 is 9.47 Å². The van der Waals surface area contributed by atoms with E-state index in [2.05, 4.69) is 4.98 Å². The van der Waals surface area contributed by atoms with E-state index in [0.717, 1.165) is 5.56 Å². The highest BCUT2D eigenvalue weighted by Gasteiger charge is 2.29. The van der Waals surface area contributed by atoms with E-state index >= 15 is 0 Å². The summed E-state index contributed by atoms with van der Waals surface area (Å²) in [5.41, 5.74) is 0.646. The summed E-state index contributed by atoms with van der Waals surface area (Å²) in [5.74, 6) is -1.62. The van der Waals surface area contributed by atoms with Crippen LogP contribution in [0.2, 0.25) is 5.02 Å². The van der Waals surface area contributed by atoms with Crippen LogP contribution in [0.5, 0.6) is 17.2 Å². The number of pyridine rings is 1. The second kappa shape index (κ2) is 11.5. The van der Waals surface area contributed by atoms with Crippen LogP contribution in [0.15, 0.2) is 66.9 Å². The van der Waals surface area contributed by atoms with Crippen molar-refractivity contribution in [2.75, 3.05) is 7.11 Å². The molecule has 0 saturated heterocycles. The molecule has 0 unspecified atom stereocenters. The molecule has 0 bridgehead atoms. The molecule has 0 aliphatic carbocycles. The second-order valence-corrected chi connectivity index (χ2v) is 8.17. The number of ether oxygens (including phenoxy) is 3. The van der Waals surface area contributed by atoms with Crippen molar-refractivity contribution in [2.45, 2.75) is 32.5 Å². The fourth-order valence-corrected chi connectivity index (χ4v) is 3.56. The molecule has 34 heavy (non-hydrogen) atoms. The van der Waals surface area contributed by atoms with Crippen LogP contribution in [-0.2, 0) is 9.53 Å². The Hall–Kier alpha value is -3.58. The highest BCUT2D eigenvalue weighted by Crippen LogP contribution is 2.32. The summed E-state index contributed by atoms with van der Waals surface area (Å²) in [6.45, 7) is 3.30. The van der Waals surface area contributed by atoms with E-state index in [-0.39, 0.29) is 23.6 Å². The van der Waals surface area contributed by atoms with Gasteiger partial charge >= 0.3 is 5.97 Å². The van der Waals surface area contributed by atoms with Gasteiger partial charge in [0.2, 0.25) is 0 Å². The molecule has 1 heterocycles. The molecule has 0 saturated carbocycles. The first-order valence-electron chi connectivity index (χ1n) is 10.7. The van der Waals surface area contributed by atoms with Gasteiger partial charge in [-0.1, -0.05) is 61.0 Å². The molecule has 0 aliphatic rings. The quantitative estimate of drug-likeness (QED) is 0.304. The van der Waals surface area contributed by atoms with Gasteiger partial charge in [-0.2, -0.15) is 0 Å². The number of aromatic hydroxyl groups is 1. The highest BCUT2D eigenvalue weighted by molar-refractivity contribution is 6.32. The third kappa shape index (κ3) is 6.05. The second-order valence-electron chi connectivity index (χ2n) is 7.76. The lowest BCUT2D eigenvalue weighted by atomic mass is 10.0. The molecule has 3 rings (SSSR count). The first kappa shape index (κ1) is 25.1. The van der Waals surface area contributed by atoms with Crippen molar-refractivity contribution in [3.63, 3.8) is 0 Å². The van der Waals surface area contributed by atoms with Crippen molar-refractivity contribution in [3.05, 3.63) is 83.1 Å². The molecule has 0 aliphatic heterocycles. The normalized spacial score (nSPS) is 13.4. The standard InChI is InChI=1S/C26H26ClNO6/c1-16(15-20(29)23-24(30)22(32-3)13-14-28-23)26(31)33-17(2)25(18-9-5-4-6-10-18)34-21-12-8-7-11-19(21)27/h4-14,16-17,25,30H,15H2,1-3H3/t16-,17+,25+/m1/s1. The summed E-state index contributed by atoms with van der Waals surface area (Å²) in [7, 11) is 1.37. The Balaban J connectivity index is 1.72. The Morgan fingerprint density at radius 3 is 2.35 bits per heavy atom. The van der Waals surface area contributed by atoms with Gasteiger partial charge in [0.15, 0.2) is 29.1 Å². The van der Waals surface area contributed by atoms with Gasteiger partial charge in [-0.15, -0.1) is 0 Å². The predicted octanol–water partition coefficient (Wildman–Crippen LogP) is 5.41. The zero-order chi connectivity index (χ0) is 24.7. The van der Waals surface area contributed by atoms with Crippen LogP contribution in [0.4, 0.5) is 0 Å². The SMILES string of the molecule is COc1ccnc(C(=O)C[C@@H](C)C(=O)O[C@@H](C)[C@H](Oc2ccccc2Cl)c2ccccc2)c1O. The van der Waals surface area contributed by atoms with Gasteiger partial charge in [-0.25, -0.2) is 4.98 Å². The summed E-state index contributed by atoms with van der Waals surface area (Å²) in [5, 5.41) is 10.6. The number of rotatable bonds is 10. The molecule has 1 aromatic heterocycles. The first-order chi connectivity index (χ1) is 16.3. The Morgan fingerprint density at radius 2 is 1.68 bits per heavy atom. The van der Waals surface area contributed by atoms with E-state index in [0.29, 0.717) is 10.8 Å². The van der Waals surface area contributed by atoms with Gasteiger partial charge in [0, 0.05) is 18.7 Å². The van der Waals surface area contributed by atoms with E-state index < -0.39 is 29.9 Å². The van der Waals surface area contributed by atoms with Crippen molar-refractivity contribution in [2.24, 2.45) is 5.92 Å². The largest absolute Gasteiger partial charge is 0.503 e. The van der Waals surface area contributed by atoms with Crippen LogP contribution in [0.3, 0.4) is 0 Å². The Morgan fingerprint density at radius 1 is 1.00 bits per heavy atom. The minimum Gasteiger partial charge on any atom is -0.503 e. The monoisotopic (exact) mass is 483 g/mol. The first-order valence-corrected chi connectivity index (χ1v) is 11.1. The van der Waals surface area contributed by atoms with Crippen LogP contribution in [0.1, 0.15) is 42.4 Å². The average molecular weight is 484 g/mol. The van der Waals surface area contributed by atoms with E-state index in [4.69, 9.17) is 25.8 Å². The van der Waals surface area contributed by atoms with Crippen LogP contribution in [-0.4, -0.2) is 35.1 Å². The molecule has 1 N–H and O–H groups in total. The van der Waals surface area contributed by atoms with E-state index in [1.54, 1.807) is 38.1 Å². The van der Waals surface area contributed by atoms with Crippen LogP contribution in [0, 0.1) is 5.92 Å². The molecule has 178 valence electrons. The Labute approximate surface area is 203 Å². The lowest BCUT2D eigenvalue weighted by molar-refractivity contribution is -0.157. The fraction of sp³-hybridized carbons (Fsp3) is 0.269. The summed E-state index contributed by atoms with van der Waals surface area (Å²) in [6.07, 6.45) is -0.155. The number of ketones is 1. The van der Waals surface area contributed by atoms with Crippen molar-refractivity contribution in [1.29, 1.82) is 0 Å². The number of Topliss-reactive ketones (excluding diaryl/α,β-unsaturated/α-hetero) is 1. The van der Waals surface area contributed by atoms with E-state index in [1.165, 1.54) is 19.4 Å². The van der Waals surface area contributed by atoms with Gasteiger partial charge in [0.05, 0.1) is 18.1 Å². The maximum absolute atomic E-state index is 12.8. The maximum atomic E-state index is 12.8. The molecular formula is C26H26ClNO6. The van der Waals surface area contributed by atoms with Gasteiger partial charge in [0.25, 0.3) is 0 Å². The lowest BCUT2D eigenvalue weighted by Crippen LogP contribution is -2.30. The van der Waals surface area contributed by atoms with Gasteiger partial charge in [-0.3, -0.25) is 9.59 Å². The van der Waals surface area contributed by atoms with Crippen molar-refractivity contribution in [3.8, 4) is 17.2 Å². The third-order valence-electron chi connectivity index (χ3n) is 5.21. The molecule has 0 radical (unpaired) electrons. The molecule has 8 heteroatoms. The number of aromatic nitrogens is 1. The summed E-state index contributed by atoms with van der Waals surface area (Å²) in [4.78, 5) is 29.4. The fourth-order valence-electron chi connectivity index (χ4n) is 3.38. The van der Waals surface area contributed by atoms with Crippen LogP contribution in [0.25, 0.3) is 0 Å². The molecular weight excluding hydrogens is 458 g/mol. The molecule has 0 fully saturated rings. The Bertz CT molecular complexity index is 1140. The molecule has 3 aromatic rings. The molecule has 3 atom stereocenters. The van der Waals surface area contributed by atoms with Crippen molar-refractivity contribution in [1.82, 2.24) is 4.98 Å². The number of para-hydroxylation sites is 1. The number of hydrogen-bond donors (Lipinski definition) is 1. The molecule has 0 amide bonds. The number of carbonyl (C=O) groups excluding carboxylic acids is 2. The number of nitrogens with zero attached hydrogens (tertiary/aromatic N) is 1. The molecule has 7 nitrogen and oxygen atoms in total. The number of halogens is 1. The minimum absolute atomic E-state index is 0.129. The molecule has 2 aromatic carbocycles. The summed E-state index contributed by atoms with van der Waals surface area (Å²) < 4.78 is 16.8. The molecule has 0 spiro atoms. The van der Waals surface area contributed by atoms with Crippen LogP contribution >= 0.6 is 11.6 Å². The van der Waals surface area contributed by atoms with Gasteiger partial charge < -0.3 is 19.3 Å². The number of benzene rings is 2. The summed E-state index contributed by atoms with van der Waals surface area (Å²) >= 11 is 6.26. The van der Waals surface area contributed by atoms with Crippen molar-refractivity contribution >= 4 is 23.4 Å². The predicted molar refractivity (Wildman–Crippen MR) is 127 cm³/mol. The van der Waals surface area contributed by atoms with E-state index in [9.17, 15) is 14.7 Å². The number of esters is 1. The average Bonchev–Trinajstić information content (AvgIpc) is 2.84. The highest BCUT2D eigenvalue weighted by atomic mass is 35.5. The van der Waals surface area contributed by atoms with Crippen molar-refractivity contribution < 1.29 is 28.9 Å². The third-order valence-corrected chi connectivity index (χ3v) is 5.52. The number of carbonyl (C=O) groups is 2. The smallest absolute Gasteiger partial charge is 0.309 e. The van der Waals surface area contributed by atoms with Gasteiger partial charge in [-0.05, 0) is 24.6 Å². The lowest BCUT2D eigenvalue weighted by Gasteiger charge is -2.27. The summed E-state index contributed by atoms with van der Waals surface area (Å²) in [6, 6.07) is 17.8. The number of hydrogen-bond acceptors (Lipinski definition) is 7.